The summed E-state index contributed by atoms with van der Waals surface area (Å²) < 4.78 is 50.0. The van der Waals surface area contributed by atoms with Crippen molar-refractivity contribution in [3.63, 3.8) is 0 Å². The number of anilines is 2. The first-order valence-corrected chi connectivity index (χ1v) is 9.73. The first-order chi connectivity index (χ1) is 12.7. The van der Waals surface area contributed by atoms with Crippen molar-refractivity contribution >= 4 is 11.4 Å². The Balaban J connectivity index is 2.10. The average molecular weight is 397 g/mol. The molecule has 2 N–H and O–H groups in total. The fourth-order valence-corrected chi connectivity index (χ4v) is 3.25. The maximum Gasteiger partial charge on any atom is 0.339 e. The lowest BCUT2D eigenvalue weighted by atomic mass is 10.1. The zero-order chi connectivity index (χ0) is 19.8. The zero-order valence-corrected chi connectivity index (χ0v) is 16.2. The van der Waals surface area contributed by atoms with Gasteiger partial charge in [-0.2, -0.15) is 14.0 Å². The fraction of sp³-hybridized carbons (Fsp3) is 0.333. The smallest absolute Gasteiger partial charge is 0.339 e. The van der Waals surface area contributed by atoms with Gasteiger partial charge in [-0.3, -0.25) is 0 Å². The Morgan fingerprint density at radius 3 is 2.11 bits per heavy atom. The van der Waals surface area contributed by atoms with Crippen LogP contribution in [0.15, 0.2) is 18.2 Å². The number of aryl methyl sites for hydroxylation is 1. The molecule has 1 aliphatic heterocycles. The van der Waals surface area contributed by atoms with E-state index in [4.69, 9.17) is 9.47 Å². The zero-order valence-electron chi connectivity index (χ0n) is 15.5. The van der Waals surface area contributed by atoms with E-state index in [1.54, 1.807) is 19.1 Å². The second-order valence-corrected chi connectivity index (χ2v) is 6.95. The van der Waals surface area contributed by atoms with E-state index < -0.39 is 10.2 Å². The van der Waals surface area contributed by atoms with Crippen LogP contribution in [0.1, 0.15) is 25.0 Å². The normalized spacial score (nSPS) is 12.4. The summed E-state index contributed by atoms with van der Waals surface area (Å²) in [6, 6.07) is 5.27. The van der Waals surface area contributed by atoms with Gasteiger partial charge in [-0.15, -0.1) is 0 Å². The van der Waals surface area contributed by atoms with Crippen LogP contribution in [0, 0.1) is 24.1 Å². The van der Waals surface area contributed by atoms with E-state index >= 15 is 0 Å². The summed E-state index contributed by atoms with van der Waals surface area (Å²) in [5, 5.41) is 6.33. The second kappa shape index (κ2) is 7.32. The monoisotopic (exact) mass is 396 g/mol. The van der Waals surface area contributed by atoms with Gasteiger partial charge < -0.3 is 20.1 Å². The lowest BCUT2D eigenvalue weighted by Gasteiger charge is -2.25. The van der Waals surface area contributed by atoms with Gasteiger partial charge in [-0.25, -0.2) is 0 Å². The van der Waals surface area contributed by atoms with Crippen molar-refractivity contribution in [3.8, 4) is 28.7 Å². The quantitative estimate of drug-likeness (QED) is 0.640. The number of hydrogen-bond acceptors (Lipinski definition) is 8. The molecule has 0 radical (unpaired) electrons. The summed E-state index contributed by atoms with van der Waals surface area (Å²) in [6.07, 6.45) is 0. The van der Waals surface area contributed by atoms with Crippen LogP contribution in [0.2, 0.25) is 0 Å². The molecule has 0 aromatic heterocycles. The summed E-state index contributed by atoms with van der Waals surface area (Å²) >= 11 is 0. The van der Waals surface area contributed by atoms with Gasteiger partial charge in [0.15, 0.2) is 17.2 Å². The van der Waals surface area contributed by atoms with Gasteiger partial charge >= 0.3 is 5.75 Å². The second-order valence-electron chi connectivity index (χ2n) is 6.04. The Hall–Kier alpha value is -2.39. The van der Waals surface area contributed by atoms with Gasteiger partial charge in [0.25, 0.3) is 0 Å². The van der Waals surface area contributed by atoms with Crippen LogP contribution in [-0.4, -0.2) is 13.1 Å². The molecule has 0 amide bonds. The number of rotatable bonds is 6. The highest BCUT2D eigenvalue weighted by molar-refractivity contribution is 5.72. The van der Waals surface area contributed by atoms with Crippen molar-refractivity contribution in [3.05, 3.63) is 29.3 Å². The molecule has 0 bridgehead atoms. The SMILES string of the molecule is CCNc1cc2c(cc1C)Oc1c(cc(NCC)c(C)c1O[Cl+3]([O-])([O-])[O-])O2. The molecule has 0 saturated heterocycles. The Bertz CT molecular complexity index is 866. The minimum Gasteiger partial charge on any atom is -0.449 e. The topological polar surface area (TPSA) is 121 Å². The Morgan fingerprint density at radius 2 is 1.48 bits per heavy atom. The molecule has 1 aliphatic rings. The van der Waals surface area contributed by atoms with Crippen LogP contribution >= 0.6 is 0 Å². The Kier molecular flexibility index (Phi) is 5.25. The van der Waals surface area contributed by atoms with E-state index in [0.717, 1.165) is 17.8 Å². The molecule has 8 nitrogen and oxygen atoms in total. The molecular weight excluding hydrogens is 376 g/mol. The average Bonchev–Trinajstić information content (AvgIpc) is 2.58. The number of ether oxygens (including phenoxy) is 2. The molecule has 1 heterocycles. The lowest BCUT2D eigenvalue weighted by molar-refractivity contribution is -1.91. The number of halogens is 1. The lowest BCUT2D eigenvalue weighted by Crippen LogP contribution is -2.63. The van der Waals surface area contributed by atoms with Crippen molar-refractivity contribution in [2.75, 3.05) is 23.7 Å². The van der Waals surface area contributed by atoms with Gasteiger partial charge in [-0.1, -0.05) is 4.29 Å². The van der Waals surface area contributed by atoms with E-state index in [1.807, 2.05) is 26.8 Å². The third-order valence-corrected chi connectivity index (χ3v) is 4.42. The van der Waals surface area contributed by atoms with E-state index in [9.17, 15) is 14.0 Å². The molecule has 0 aliphatic carbocycles. The summed E-state index contributed by atoms with van der Waals surface area (Å²) in [5.41, 5.74) is 2.84. The molecule has 27 heavy (non-hydrogen) atoms. The molecule has 0 fully saturated rings. The molecule has 0 atom stereocenters. The number of nitrogens with one attached hydrogen (secondary N) is 2. The summed E-state index contributed by atoms with van der Waals surface area (Å²) in [7, 11) is -4.69. The summed E-state index contributed by atoms with van der Waals surface area (Å²) in [5.74, 6) is 0.985. The van der Waals surface area contributed by atoms with E-state index in [0.29, 0.717) is 29.3 Å². The highest BCUT2D eigenvalue weighted by Crippen LogP contribution is 2.54. The van der Waals surface area contributed by atoms with Crippen molar-refractivity contribution in [1.29, 1.82) is 0 Å². The highest BCUT2D eigenvalue weighted by Gasteiger charge is 2.34. The minimum absolute atomic E-state index is 0.0455. The van der Waals surface area contributed by atoms with Gasteiger partial charge in [-0.05, 0) is 39.3 Å². The standard InChI is InChI=1S/C18H21ClN2O6/c1-5-20-12-8-15-14(7-10(12)3)26-18-16(25-15)9-13(21-6-2)11(4)17(18)27-19(22,23)24/h7-9,20-21H,5-6H2,1-4H3. The van der Waals surface area contributed by atoms with E-state index in [-0.39, 0.29) is 17.2 Å². The van der Waals surface area contributed by atoms with E-state index in [2.05, 4.69) is 14.9 Å². The maximum atomic E-state index is 11.2. The predicted octanol–water partition coefficient (Wildman–Crippen LogP) is 1.34. The van der Waals surface area contributed by atoms with Crippen LogP contribution in [0.3, 0.4) is 0 Å². The molecular formula is C18H21ClN2O6. The third kappa shape index (κ3) is 3.98. The van der Waals surface area contributed by atoms with Gasteiger partial charge in [0.2, 0.25) is 5.75 Å². The molecule has 0 saturated carbocycles. The first kappa shape index (κ1) is 19.4. The van der Waals surface area contributed by atoms with Crippen LogP contribution in [0.4, 0.5) is 11.4 Å². The molecule has 3 rings (SSSR count). The number of hydrogen-bond donors (Lipinski definition) is 2. The van der Waals surface area contributed by atoms with Crippen LogP contribution in [-0.2, 0) is 0 Å². The molecule has 0 unspecified atom stereocenters. The van der Waals surface area contributed by atoms with Crippen molar-refractivity contribution in [2.45, 2.75) is 27.7 Å². The molecule has 2 aromatic carbocycles. The Morgan fingerprint density at radius 1 is 0.889 bits per heavy atom. The van der Waals surface area contributed by atoms with Crippen molar-refractivity contribution in [1.82, 2.24) is 0 Å². The molecule has 9 heteroatoms. The van der Waals surface area contributed by atoms with Crippen molar-refractivity contribution < 1.29 is 38.0 Å². The highest BCUT2D eigenvalue weighted by atomic mass is 35.7. The van der Waals surface area contributed by atoms with Crippen LogP contribution in [0.25, 0.3) is 0 Å². The summed E-state index contributed by atoms with van der Waals surface area (Å²) in [6.45, 7) is 8.76. The van der Waals surface area contributed by atoms with E-state index in [1.165, 1.54) is 0 Å². The van der Waals surface area contributed by atoms with Crippen molar-refractivity contribution in [2.24, 2.45) is 0 Å². The predicted molar refractivity (Wildman–Crippen MR) is 91.5 cm³/mol. The first-order valence-electron chi connectivity index (χ1n) is 8.49. The molecule has 0 spiro atoms. The van der Waals surface area contributed by atoms with Gasteiger partial charge in [0.05, 0.1) is 0 Å². The largest absolute Gasteiger partial charge is 0.449 e. The summed E-state index contributed by atoms with van der Waals surface area (Å²) in [4.78, 5) is 0. The van der Waals surface area contributed by atoms with Crippen LogP contribution < -0.4 is 38.4 Å². The number of benzene rings is 2. The Labute approximate surface area is 159 Å². The maximum absolute atomic E-state index is 11.2. The number of fused-ring (bicyclic) bond motifs is 2. The minimum atomic E-state index is -4.69. The van der Waals surface area contributed by atoms with Gasteiger partial charge in [0.1, 0.15) is 10.2 Å². The molecule has 146 valence electrons. The molecule has 2 aromatic rings. The fourth-order valence-electron chi connectivity index (χ4n) is 2.87. The third-order valence-electron chi connectivity index (χ3n) is 4.08. The van der Waals surface area contributed by atoms with Gasteiger partial charge in [0, 0.05) is 42.2 Å². The van der Waals surface area contributed by atoms with Crippen LogP contribution in [0.5, 0.6) is 28.7 Å².